The smallest absolute Gasteiger partial charge is 0.232 e. The quantitative estimate of drug-likeness (QED) is 0.562. The summed E-state index contributed by atoms with van der Waals surface area (Å²) in [6, 6.07) is 4.24. The van der Waals surface area contributed by atoms with Gasteiger partial charge in [0.15, 0.2) is 0 Å². The van der Waals surface area contributed by atoms with Gasteiger partial charge in [0, 0.05) is 42.0 Å². The van der Waals surface area contributed by atoms with E-state index in [1.54, 1.807) is 11.8 Å². The summed E-state index contributed by atoms with van der Waals surface area (Å²) >= 11 is 5.15. The second-order valence-corrected chi connectivity index (χ2v) is 9.30. The fraction of sp³-hybridized carbons (Fsp3) is 0.619. The van der Waals surface area contributed by atoms with Gasteiger partial charge in [-0.1, -0.05) is 29.3 Å². The van der Waals surface area contributed by atoms with Gasteiger partial charge in [0.1, 0.15) is 0 Å². The van der Waals surface area contributed by atoms with Gasteiger partial charge in [-0.15, -0.1) is 11.8 Å². The van der Waals surface area contributed by atoms with Crippen molar-refractivity contribution in [1.82, 2.24) is 9.80 Å². The first kappa shape index (κ1) is 22.3. The maximum atomic E-state index is 12.6. The van der Waals surface area contributed by atoms with Gasteiger partial charge in [-0.2, -0.15) is 0 Å². The zero-order valence-electron chi connectivity index (χ0n) is 16.9. The molecule has 0 saturated carbocycles. The number of aryl methyl sites for hydroxylation is 2. The van der Waals surface area contributed by atoms with E-state index < -0.39 is 0 Å². The van der Waals surface area contributed by atoms with Gasteiger partial charge in [0.2, 0.25) is 11.8 Å². The maximum Gasteiger partial charge on any atom is 0.232 e. The standard InChI is InChI=1S/C21H31BrN2O2S/c1-5-6-9-23(4)21(26)17-7-10-24(11-8-17)20(25)14-27-19-13-15(2)18(22)12-16(19)3/h12-13,17H,5-11,14H2,1-4H3. The van der Waals surface area contributed by atoms with Crippen LogP contribution in [0.4, 0.5) is 0 Å². The highest BCUT2D eigenvalue weighted by Crippen LogP contribution is 2.29. The average Bonchev–Trinajstić information content (AvgIpc) is 2.67. The topological polar surface area (TPSA) is 40.6 Å². The minimum Gasteiger partial charge on any atom is -0.346 e. The molecule has 0 spiro atoms. The number of piperidine rings is 1. The van der Waals surface area contributed by atoms with Crippen LogP contribution in [0.3, 0.4) is 0 Å². The molecule has 4 nitrogen and oxygen atoms in total. The third-order valence-corrected chi connectivity index (χ3v) is 7.22. The molecule has 1 aromatic carbocycles. The lowest BCUT2D eigenvalue weighted by molar-refractivity contribution is -0.138. The molecule has 0 bridgehead atoms. The van der Waals surface area contributed by atoms with Crippen LogP contribution in [0.5, 0.6) is 0 Å². The summed E-state index contributed by atoms with van der Waals surface area (Å²) in [6.45, 7) is 8.48. The summed E-state index contributed by atoms with van der Waals surface area (Å²) in [7, 11) is 1.90. The third kappa shape index (κ3) is 6.24. The molecule has 0 radical (unpaired) electrons. The van der Waals surface area contributed by atoms with Crippen LogP contribution in [0.2, 0.25) is 0 Å². The van der Waals surface area contributed by atoms with Crippen molar-refractivity contribution in [3.63, 3.8) is 0 Å². The van der Waals surface area contributed by atoms with Gasteiger partial charge in [0.25, 0.3) is 0 Å². The van der Waals surface area contributed by atoms with Crippen LogP contribution in [-0.2, 0) is 9.59 Å². The molecule has 2 rings (SSSR count). The Balaban J connectivity index is 1.81. The molecule has 6 heteroatoms. The minimum absolute atomic E-state index is 0.0694. The zero-order valence-corrected chi connectivity index (χ0v) is 19.3. The van der Waals surface area contributed by atoms with Crippen molar-refractivity contribution < 1.29 is 9.59 Å². The van der Waals surface area contributed by atoms with Crippen LogP contribution in [0.25, 0.3) is 0 Å². The lowest BCUT2D eigenvalue weighted by Gasteiger charge is -2.33. The lowest BCUT2D eigenvalue weighted by atomic mass is 9.95. The van der Waals surface area contributed by atoms with Gasteiger partial charge in [-0.05, 0) is 56.4 Å². The Morgan fingerprint density at radius 1 is 1.22 bits per heavy atom. The number of thioether (sulfide) groups is 1. The molecule has 1 aromatic rings. The van der Waals surface area contributed by atoms with Crippen LogP contribution in [0.1, 0.15) is 43.7 Å². The molecule has 1 saturated heterocycles. The number of hydrogen-bond acceptors (Lipinski definition) is 3. The molecule has 0 N–H and O–H groups in total. The molecule has 1 aliphatic heterocycles. The zero-order chi connectivity index (χ0) is 20.0. The minimum atomic E-state index is 0.0694. The Labute approximate surface area is 176 Å². The van der Waals surface area contributed by atoms with Crippen LogP contribution in [-0.4, -0.2) is 54.0 Å². The first-order valence-electron chi connectivity index (χ1n) is 9.75. The molecule has 150 valence electrons. The number of rotatable bonds is 7. The molecule has 2 amide bonds. The highest BCUT2D eigenvalue weighted by molar-refractivity contribution is 9.10. The third-order valence-electron chi connectivity index (χ3n) is 5.23. The Hall–Kier alpha value is -1.01. The molecular weight excluding hydrogens is 424 g/mol. The summed E-state index contributed by atoms with van der Waals surface area (Å²) < 4.78 is 1.10. The Bertz CT molecular complexity index is 672. The second-order valence-electron chi connectivity index (χ2n) is 7.42. The summed E-state index contributed by atoms with van der Waals surface area (Å²) in [4.78, 5) is 30.0. The number of benzene rings is 1. The van der Waals surface area contributed by atoms with E-state index in [0.717, 1.165) is 41.6 Å². The first-order valence-corrected chi connectivity index (χ1v) is 11.5. The summed E-state index contributed by atoms with van der Waals surface area (Å²) in [6.07, 6.45) is 3.70. The number of halogens is 1. The molecule has 0 aliphatic carbocycles. The summed E-state index contributed by atoms with van der Waals surface area (Å²) in [5, 5.41) is 0. The highest BCUT2D eigenvalue weighted by Gasteiger charge is 2.28. The molecule has 0 aromatic heterocycles. The number of unbranched alkanes of at least 4 members (excludes halogenated alkanes) is 1. The monoisotopic (exact) mass is 454 g/mol. The number of amides is 2. The van der Waals surface area contributed by atoms with Crippen LogP contribution in [0, 0.1) is 19.8 Å². The van der Waals surface area contributed by atoms with Crippen molar-refractivity contribution in [2.24, 2.45) is 5.92 Å². The molecular formula is C21H31BrN2O2S. The van der Waals surface area contributed by atoms with Gasteiger partial charge in [-0.3, -0.25) is 9.59 Å². The molecule has 1 fully saturated rings. The maximum absolute atomic E-state index is 12.6. The predicted octanol–water partition coefficient (Wildman–Crippen LogP) is 4.66. The summed E-state index contributed by atoms with van der Waals surface area (Å²) in [5.41, 5.74) is 2.37. The van der Waals surface area contributed by atoms with E-state index in [2.05, 4.69) is 48.8 Å². The Kier molecular flexibility index (Phi) is 8.67. The lowest BCUT2D eigenvalue weighted by Crippen LogP contribution is -2.44. The van der Waals surface area contributed by atoms with E-state index in [-0.39, 0.29) is 17.7 Å². The van der Waals surface area contributed by atoms with Gasteiger partial charge >= 0.3 is 0 Å². The fourth-order valence-electron chi connectivity index (χ4n) is 3.33. The van der Waals surface area contributed by atoms with Crippen molar-refractivity contribution >= 4 is 39.5 Å². The number of carbonyl (C=O) groups is 2. The fourth-order valence-corrected chi connectivity index (χ4v) is 4.80. The molecule has 0 atom stereocenters. The summed E-state index contributed by atoms with van der Waals surface area (Å²) in [5.74, 6) is 0.938. The van der Waals surface area contributed by atoms with E-state index in [9.17, 15) is 9.59 Å². The van der Waals surface area contributed by atoms with Crippen LogP contribution in [0.15, 0.2) is 21.5 Å². The molecule has 0 unspecified atom stereocenters. The first-order chi connectivity index (χ1) is 12.8. The van der Waals surface area contributed by atoms with Gasteiger partial charge in [-0.25, -0.2) is 0 Å². The van der Waals surface area contributed by atoms with E-state index in [4.69, 9.17) is 0 Å². The van der Waals surface area contributed by atoms with Crippen molar-refractivity contribution in [2.75, 3.05) is 32.4 Å². The van der Waals surface area contributed by atoms with Crippen LogP contribution < -0.4 is 0 Å². The van der Waals surface area contributed by atoms with Gasteiger partial charge < -0.3 is 9.80 Å². The van der Waals surface area contributed by atoms with Crippen molar-refractivity contribution in [3.05, 3.63) is 27.7 Å². The van der Waals surface area contributed by atoms with E-state index >= 15 is 0 Å². The van der Waals surface area contributed by atoms with E-state index in [1.807, 2.05) is 16.8 Å². The van der Waals surface area contributed by atoms with E-state index in [0.29, 0.717) is 18.8 Å². The second kappa shape index (κ2) is 10.5. The average molecular weight is 455 g/mol. The number of nitrogens with zero attached hydrogens (tertiary/aromatic N) is 2. The number of carbonyl (C=O) groups excluding carboxylic acids is 2. The SMILES string of the molecule is CCCCN(C)C(=O)C1CCN(C(=O)CSc2cc(C)c(Br)cc2C)CC1. The van der Waals surface area contributed by atoms with Crippen LogP contribution >= 0.6 is 27.7 Å². The number of hydrogen-bond donors (Lipinski definition) is 0. The highest BCUT2D eigenvalue weighted by atomic mass is 79.9. The Morgan fingerprint density at radius 2 is 1.89 bits per heavy atom. The Morgan fingerprint density at radius 3 is 2.52 bits per heavy atom. The van der Waals surface area contributed by atoms with Crippen molar-refractivity contribution in [1.29, 1.82) is 0 Å². The van der Waals surface area contributed by atoms with Crippen molar-refractivity contribution in [3.8, 4) is 0 Å². The largest absolute Gasteiger partial charge is 0.346 e. The predicted molar refractivity (Wildman–Crippen MR) is 116 cm³/mol. The molecule has 1 heterocycles. The van der Waals surface area contributed by atoms with E-state index in [1.165, 1.54) is 11.1 Å². The normalized spacial score (nSPS) is 15.1. The molecule has 1 aliphatic rings. The van der Waals surface area contributed by atoms with Crippen molar-refractivity contribution in [2.45, 2.75) is 51.3 Å². The molecule has 27 heavy (non-hydrogen) atoms. The van der Waals surface area contributed by atoms with Gasteiger partial charge in [0.05, 0.1) is 5.75 Å². The number of likely N-dealkylation sites (tertiary alicyclic amines) is 1.